The average molecular weight is 373 g/mol. The molecule has 5 nitrogen and oxygen atoms in total. The minimum Gasteiger partial charge on any atom is -0.467 e. The first-order valence-electron chi connectivity index (χ1n) is 9.23. The Balaban J connectivity index is 1.56. The number of halogens is 1. The molecule has 0 bridgehead atoms. The molecule has 0 aliphatic carbocycles. The van der Waals surface area contributed by atoms with E-state index >= 15 is 0 Å². The van der Waals surface area contributed by atoms with E-state index in [-0.39, 0.29) is 11.9 Å². The Morgan fingerprint density at radius 3 is 2.65 bits per heavy atom. The quantitative estimate of drug-likeness (QED) is 0.897. The zero-order valence-electron chi connectivity index (χ0n) is 14.7. The number of rotatable bonds is 4. The fourth-order valence-corrected chi connectivity index (χ4v) is 3.91. The molecule has 4 rings (SSSR count). The van der Waals surface area contributed by atoms with E-state index in [2.05, 4.69) is 5.10 Å². The van der Waals surface area contributed by atoms with Gasteiger partial charge in [-0.2, -0.15) is 5.10 Å². The molecule has 1 fully saturated rings. The van der Waals surface area contributed by atoms with Crippen molar-refractivity contribution in [2.75, 3.05) is 19.6 Å². The Kier molecular flexibility index (Phi) is 5.09. The summed E-state index contributed by atoms with van der Waals surface area (Å²) in [4.78, 5) is 14.3. The van der Waals surface area contributed by atoms with Crippen LogP contribution in [0.4, 0.5) is 0 Å². The Morgan fingerprint density at radius 2 is 1.96 bits per heavy atom. The minimum atomic E-state index is -0.174. The van der Waals surface area contributed by atoms with Crippen molar-refractivity contribution >= 4 is 23.2 Å². The third-order valence-electron chi connectivity index (χ3n) is 5.18. The van der Waals surface area contributed by atoms with Gasteiger partial charge >= 0.3 is 0 Å². The number of piperidine rings is 1. The molecule has 1 aromatic heterocycles. The second-order valence-electron chi connectivity index (χ2n) is 7.01. The summed E-state index contributed by atoms with van der Waals surface area (Å²) in [5.74, 6) is 0.840. The Hall–Kier alpha value is -2.11. The maximum Gasteiger partial charge on any atom is 0.298 e. The molecular formula is C20H23ClN3O2+. The fraction of sp³-hybridized carbons (Fsp3) is 0.400. The van der Waals surface area contributed by atoms with E-state index in [4.69, 9.17) is 16.0 Å². The summed E-state index contributed by atoms with van der Waals surface area (Å²) >= 11 is 5.99. The van der Waals surface area contributed by atoms with Crippen molar-refractivity contribution in [2.45, 2.75) is 31.7 Å². The number of furan rings is 1. The van der Waals surface area contributed by atoms with Gasteiger partial charge in [-0.05, 0) is 49.1 Å². The summed E-state index contributed by atoms with van der Waals surface area (Å²) in [6.45, 7) is 2.63. The number of hydrazone groups is 1. The number of benzene rings is 1. The molecule has 2 aliphatic heterocycles. The summed E-state index contributed by atoms with van der Waals surface area (Å²) in [6.07, 6.45) is 5.96. The summed E-state index contributed by atoms with van der Waals surface area (Å²) in [6, 6.07) is 11.2. The Labute approximate surface area is 158 Å². The largest absolute Gasteiger partial charge is 0.467 e. The van der Waals surface area contributed by atoms with Crippen molar-refractivity contribution in [3.63, 3.8) is 0 Å². The minimum absolute atomic E-state index is 0.0623. The number of carbonyl (C=O) groups is 1. The van der Waals surface area contributed by atoms with Crippen LogP contribution in [0.15, 0.2) is 52.2 Å². The standard InChI is InChI=1S/C20H22ClN3O2/c21-16-8-6-15(7-9-16)17-13-18(19-5-4-12-26-19)24(22-17)20(25)14-23-10-2-1-3-11-23/h4-9,12,18H,1-3,10-11,13-14H2/p+1/t18-/m1/s1. The number of nitrogens with zero attached hydrogens (tertiary/aromatic N) is 2. The first-order valence-corrected chi connectivity index (χ1v) is 9.61. The van der Waals surface area contributed by atoms with Crippen LogP contribution in [0.1, 0.15) is 43.0 Å². The molecule has 0 radical (unpaired) electrons. The van der Waals surface area contributed by atoms with Crippen LogP contribution in [0, 0.1) is 0 Å². The lowest BCUT2D eigenvalue weighted by Crippen LogP contribution is -3.13. The SMILES string of the molecule is O=C(C[NH+]1CCCCC1)N1N=C(c2ccc(Cl)cc2)C[C@@H]1c1ccco1. The summed E-state index contributed by atoms with van der Waals surface area (Å²) in [5.41, 5.74) is 1.89. The first kappa shape index (κ1) is 17.3. The maximum atomic E-state index is 13.0. The van der Waals surface area contributed by atoms with Crippen molar-refractivity contribution in [1.82, 2.24) is 5.01 Å². The van der Waals surface area contributed by atoms with E-state index in [0.717, 1.165) is 30.1 Å². The molecule has 6 heteroatoms. The van der Waals surface area contributed by atoms with Gasteiger partial charge in [0.05, 0.1) is 25.1 Å². The fourth-order valence-electron chi connectivity index (χ4n) is 3.78. The number of likely N-dealkylation sites (tertiary alicyclic amines) is 1. The first-order chi connectivity index (χ1) is 12.7. The number of quaternary nitrogens is 1. The van der Waals surface area contributed by atoms with Crippen molar-refractivity contribution in [3.05, 3.63) is 59.0 Å². The number of amides is 1. The lowest BCUT2D eigenvalue weighted by atomic mass is 10.0. The van der Waals surface area contributed by atoms with Crippen LogP contribution in [-0.4, -0.2) is 36.3 Å². The highest BCUT2D eigenvalue weighted by atomic mass is 35.5. The molecule has 0 saturated carbocycles. The molecule has 1 atom stereocenters. The van der Waals surface area contributed by atoms with Gasteiger partial charge in [-0.15, -0.1) is 0 Å². The van der Waals surface area contributed by atoms with Gasteiger partial charge in [0.25, 0.3) is 5.91 Å². The predicted octanol–water partition coefficient (Wildman–Crippen LogP) is 2.68. The van der Waals surface area contributed by atoms with E-state index < -0.39 is 0 Å². The number of nitrogens with one attached hydrogen (secondary N) is 1. The highest BCUT2D eigenvalue weighted by Gasteiger charge is 2.36. The summed E-state index contributed by atoms with van der Waals surface area (Å²) < 4.78 is 5.60. The summed E-state index contributed by atoms with van der Waals surface area (Å²) in [7, 11) is 0. The monoisotopic (exact) mass is 372 g/mol. The van der Waals surface area contributed by atoms with Gasteiger partial charge < -0.3 is 9.32 Å². The Bertz CT molecular complexity index is 780. The van der Waals surface area contributed by atoms with Crippen molar-refractivity contribution in [2.24, 2.45) is 5.10 Å². The molecule has 3 heterocycles. The van der Waals surface area contributed by atoms with Crippen LogP contribution >= 0.6 is 11.6 Å². The van der Waals surface area contributed by atoms with Crippen molar-refractivity contribution in [3.8, 4) is 0 Å². The topological polar surface area (TPSA) is 50.2 Å². The van der Waals surface area contributed by atoms with Crippen LogP contribution < -0.4 is 4.90 Å². The van der Waals surface area contributed by atoms with E-state index in [1.807, 2.05) is 36.4 Å². The number of hydrogen-bond donors (Lipinski definition) is 1. The van der Waals surface area contributed by atoms with Crippen molar-refractivity contribution in [1.29, 1.82) is 0 Å². The highest BCUT2D eigenvalue weighted by Crippen LogP contribution is 2.33. The summed E-state index contributed by atoms with van der Waals surface area (Å²) in [5, 5.41) is 7.00. The van der Waals surface area contributed by atoms with Gasteiger partial charge in [-0.25, -0.2) is 5.01 Å². The molecule has 1 amide bonds. The van der Waals surface area contributed by atoms with Crippen LogP contribution in [0.2, 0.25) is 5.02 Å². The van der Waals surface area contributed by atoms with E-state index in [1.54, 1.807) is 11.3 Å². The molecule has 0 unspecified atom stereocenters. The lowest BCUT2D eigenvalue weighted by molar-refractivity contribution is -0.897. The van der Waals surface area contributed by atoms with Gasteiger partial charge in [0.2, 0.25) is 0 Å². The molecule has 1 aromatic carbocycles. The zero-order chi connectivity index (χ0) is 17.9. The number of hydrogen-bond acceptors (Lipinski definition) is 3. The smallest absolute Gasteiger partial charge is 0.298 e. The van der Waals surface area contributed by atoms with E-state index in [0.29, 0.717) is 18.0 Å². The second-order valence-corrected chi connectivity index (χ2v) is 7.45. The average Bonchev–Trinajstić information content (AvgIpc) is 3.33. The molecule has 1 N–H and O–H groups in total. The molecular weight excluding hydrogens is 350 g/mol. The molecule has 2 aliphatic rings. The molecule has 0 spiro atoms. The number of carbonyl (C=O) groups excluding carboxylic acids is 1. The van der Waals surface area contributed by atoms with Gasteiger partial charge in [0.15, 0.2) is 6.54 Å². The third-order valence-corrected chi connectivity index (χ3v) is 5.43. The lowest BCUT2D eigenvalue weighted by Gasteiger charge is -2.26. The van der Waals surface area contributed by atoms with Gasteiger partial charge in [-0.3, -0.25) is 4.79 Å². The van der Waals surface area contributed by atoms with Crippen molar-refractivity contribution < 1.29 is 14.1 Å². The van der Waals surface area contributed by atoms with Gasteiger partial charge in [-0.1, -0.05) is 23.7 Å². The van der Waals surface area contributed by atoms with E-state index in [1.165, 1.54) is 24.2 Å². The normalized spacial score (nSPS) is 21.0. The maximum absolute atomic E-state index is 13.0. The van der Waals surface area contributed by atoms with Crippen LogP contribution in [0.25, 0.3) is 0 Å². The van der Waals surface area contributed by atoms with Crippen LogP contribution in [0.3, 0.4) is 0 Å². The van der Waals surface area contributed by atoms with Gasteiger partial charge in [0, 0.05) is 11.4 Å². The van der Waals surface area contributed by atoms with Crippen LogP contribution in [-0.2, 0) is 4.79 Å². The predicted molar refractivity (Wildman–Crippen MR) is 100 cm³/mol. The van der Waals surface area contributed by atoms with E-state index in [9.17, 15) is 4.79 Å². The molecule has 136 valence electrons. The zero-order valence-corrected chi connectivity index (χ0v) is 15.4. The molecule has 1 saturated heterocycles. The van der Waals surface area contributed by atoms with Crippen LogP contribution in [0.5, 0.6) is 0 Å². The highest BCUT2D eigenvalue weighted by molar-refractivity contribution is 6.30. The molecule has 2 aromatic rings. The van der Waals surface area contributed by atoms with Gasteiger partial charge in [0.1, 0.15) is 11.8 Å². The second kappa shape index (κ2) is 7.64. The molecule has 26 heavy (non-hydrogen) atoms. The third kappa shape index (κ3) is 3.69. The Morgan fingerprint density at radius 1 is 1.19 bits per heavy atom.